The lowest BCUT2D eigenvalue weighted by Crippen LogP contribution is -2.04. The minimum Gasteiger partial charge on any atom is -0.399 e. The minimum atomic E-state index is 0.715. The van der Waals surface area contributed by atoms with Crippen LogP contribution in [-0.4, -0.2) is 33.9 Å². The van der Waals surface area contributed by atoms with E-state index in [-0.39, 0.29) is 0 Å². The molecule has 19 heavy (non-hydrogen) atoms. The summed E-state index contributed by atoms with van der Waals surface area (Å²) in [6.07, 6.45) is 3.19. The van der Waals surface area contributed by atoms with Crippen molar-refractivity contribution in [1.82, 2.24) is 20.2 Å². The monoisotopic (exact) mass is 261 g/mol. The third kappa shape index (κ3) is 3.75. The fourth-order valence-electron chi connectivity index (χ4n) is 1.92. The number of rotatable bonds is 7. The van der Waals surface area contributed by atoms with Crippen molar-refractivity contribution in [3.05, 3.63) is 24.3 Å². The summed E-state index contributed by atoms with van der Waals surface area (Å²) in [4.78, 5) is 0. The van der Waals surface area contributed by atoms with Crippen LogP contribution in [0.1, 0.15) is 19.3 Å². The molecule has 6 heteroatoms. The third-order valence-electron chi connectivity index (χ3n) is 2.90. The Morgan fingerprint density at radius 1 is 1.26 bits per heavy atom. The van der Waals surface area contributed by atoms with Gasteiger partial charge in [0.15, 0.2) is 5.82 Å². The van der Waals surface area contributed by atoms with Gasteiger partial charge in [0.2, 0.25) is 0 Å². The van der Waals surface area contributed by atoms with Gasteiger partial charge in [0.05, 0.1) is 0 Å². The molecule has 0 amide bonds. The summed E-state index contributed by atoms with van der Waals surface area (Å²) in [5.41, 5.74) is 7.44. The van der Waals surface area contributed by atoms with Crippen molar-refractivity contribution in [2.24, 2.45) is 0 Å². The van der Waals surface area contributed by atoms with E-state index in [1.54, 1.807) is 7.11 Å². The average molecular weight is 261 g/mol. The number of nitrogens with zero attached hydrogens (tertiary/aromatic N) is 4. The second-order valence-electron chi connectivity index (χ2n) is 4.40. The van der Waals surface area contributed by atoms with Crippen molar-refractivity contribution >= 4 is 5.69 Å². The van der Waals surface area contributed by atoms with Crippen LogP contribution in [0.25, 0.3) is 11.4 Å². The zero-order valence-electron chi connectivity index (χ0n) is 11.1. The van der Waals surface area contributed by atoms with E-state index in [2.05, 4.69) is 15.5 Å². The van der Waals surface area contributed by atoms with Gasteiger partial charge in [-0.05, 0) is 41.8 Å². The first-order valence-corrected chi connectivity index (χ1v) is 6.42. The van der Waals surface area contributed by atoms with Crippen LogP contribution in [0, 0.1) is 0 Å². The fourth-order valence-corrected chi connectivity index (χ4v) is 1.92. The highest BCUT2D eigenvalue weighted by molar-refractivity contribution is 5.60. The van der Waals surface area contributed by atoms with E-state index >= 15 is 0 Å². The number of anilines is 1. The topological polar surface area (TPSA) is 78.8 Å². The zero-order valence-corrected chi connectivity index (χ0v) is 11.1. The number of unbranched alkanes of at least 4 members (excludes halogenated alkanes) is 2. The molecule has 0 atom stereocenters. The van der Waals surface area contributed by atoms with E-state index in [1.165, 1.54) is 0 Å². The lowest BCUT2D eigenvalue weighted by molar-refractivity contribution is 0.191. The van der Waals surface area contributed by atoms with Crippen LogP contribution in [0.3, 0.4) is 0 Å². The Morgan fingerprint density at radius 3 is 2.95 bits per heavy atom. The van der Waals surface area contributed by atoms with Crippen LogP contribution < -0.4 is 5.73 Å². The van der Waals surface area contributed by atoms with Crippen LogP contribution in [-0.2, 0) is 11.3 Å². The highest BCUT2D eigenvalue weighted by Gasteiger charge is 2.08. The molecule has 0 aliphatic carbocycles. The van der Waals surface area contributed by atoms with Crippen molar-refractivity contribution in [1.29, 1.82) is 0 Å². The number of methoxy groups -OCH3 is 1. The average Bonchev–Trinajstić information content (AvgIpc) is 2.87. The first kappa shape index (κ1) is 13.5. The molecule has 2 aromatic rings. The highest BCUT2D eigenvalue weighted by Crippen LogP contribution is 2.18. The van der Waals surface area contributed by atoms with Gasteiger partial charge in [0.1, 0.15) is 0 Å². The molecule has 1 heterocycles. The summed E-state index contributed by atoms with van der Waals surface area (Å²) in [7, 11) is 1.72. The summed E-state index contributed by atoms with van der Waals surface area (Å²) < 4.78 is 6.85. The molecule has 1 aromatic carbocycles. The maximum atomic E-state index is 5.78. The molecule has 0 aliphatic heterocycles. The first-order chi connectivity index (χ1) is 9.31. The number of nitrogen functional groups attached to an aromatic ring is 1. The number of aryl methyl sites for hydroxylation is 1. The van der Waals surface area contributed by atoms with Crippen LogP contribution in [0.2, 0.25) is 0 Å². The van der Waals surface area contributed by atoms with E-state index in [1.807, 2.05) is 28.9 Å². The fraction of sp³-hybridized carbons (Fsp3) is 0.462. The maximum absolute atomic E-state index is 5.78. The van der Waals surface area contributed by atoms with Gasteiger partial charge in [-0.3, -0.25) is 0 Å². The zero-order chi connectivity index (χ0) is 13.5. The number of nitrogens with two attached hydrogens (primary N) is 1. The SMILES string of the molecule is COCCCCCn1nnnc1-c1cccc(N)c1. The Bertz CT molecular complexity index is 511. The van der Waals surface area contributed by atoms with Gasteiger partial charge in [0, 0.05) is 31.5 Å². The molecule has 0 fully saturated rings. The van der Waals surface area contributed by atoms with Gasteiger partial charge in [-0.1, -0.05) is 12.1 Å². The molecule has 0 aliphatic rings. The molecule has 0 saturated carbocycles. The predicted octanol–water partition coefficient (Wildman–Crippen LogP) is 1.74. The predicted molar refractivity (Wildman–Crippen MR) is 73.4 cm³/mol. The smallest absolute Gasteiger partial charge is 0.182 e. The Morgan fingerprint density at radius 2 is 2.16 bits per heavy atom. The van der Waals surface area contributed by atoms with Crippen LogP contribution in [0.15, 0.2) is 24.3 Å². The second kappa shape index (κ2) is 6.84. The molecule has 6 nitrogen and oxygen atoms in total. The van der Waals surface area contributed by atoms with Crippen LogP contribution in [0.4, 0.5) is 5.69 Å². The number of hydrogen-bond donors (Lipinski definition) is 1. The largest absolute Gasteiger partial charge is 0.399 e. The molecule has 102 valence electrons. The normalized spacial score (nSPS) is 10.8. The van der Waals surface area contributed by atoms with Crippen LogP contribution >= 0.6 is 0 Å². The van der Waals surface area contributed by atoms with E-state index in [9.17, 15) is 0 Å². The number of tetrazole rings is 1. The number of aromatic nitrogens is 4. The number of hydrogen-bond acceptors (Lipinski definition) is 5. The van der Waals surface area contributed by atoms with Gasteiger partial charge in [-0.2, -0.15) is 0 Å². The molecule has 2 rings (SSSR count). The maximum Gasteiger partial charge on any atom is 0.182 e. The molecule has 0 spiro atoms. The van der Waals surface area contributed by atoms with Crippen molar-refractivity contribution in [2.75, 3.05) is 19.5 Å². The first-order valence-electron chi connectivity index (χ1n) is 6.42. The van der Waals surface area contributed by atoms with E-state index in [0.29, 0.717) is 5.69 Å². The molecule has 0 radical (unpaired) electrons. The van der Waals surface area contributed by atoms with Crippen LogP contribution in [0.5, 0.6) is 0 Å². The molecule has 0 saturated heterocycles. The standard InChI is InChI=1S/C13H19N5O/c1-19-9-4-2-3-8-18-13(15-16-17-18)11-6-5-7-12(14)10-11/h5-7,10H,2-4,8-9,14H2,1H3. The lowest BCUT2D eigenvalue weighted by atomic mass is 10.2. The van der Waals surface area contributed by atoms with Gasteiger partial charge >= 0.3 is 0 Å². The van der Waals surface area contributed by atoms with Gasteiger partial charge < -0.3 is 10.5 Å². The van der Waals surface area contributed by atoms with E-state index in [0.717, 1.165) is 43.8 Å². The second-order valence-corrected chi connectivity index (χ2v) is 4.40. The van der Waals surface area contributed by atoms with Crippen molar-refractivity contribution < 1.29 is 4.74 Å². The number of ether oxygens (including phenoxy) is 1. The van der Waals surface area contributed by atoms with Crippen molar-refractivity contribution in [2.45, 2.75) is 25.8 Å². The van der Waals surface area contributed by atoms with Gasteiger partial charge in [0.25, 0.3) is 0 Å². The van der Waals surface area contributed by atoms with Crippen molar-refractivity contribution in [3.8, 4) is 11.4 Å². The molecule has 1 aromatic heterocycles. The molecule has 2 N–H and O–H groups in total. The molecule has 0 bridgehead atoms. The quantitative estimate of drug-likeness (QED) is 0.606. The number of benzene rings is 1. The van der Waals surface area contributed by atoms with Gasteiger partial charge in [-0.25, -0.2) is 4.68 Å². The third-order valence-corrected chi connectivity index (χ3v) is 2.90. The summed E-state index contributed by atoms with van der Waals surface area (Å²) in [5, 5.41) is 11.8. The Kier molecular flexibility index (Phi) is 4.85. The summed E-state index contributed by atoms with van der Waals surface area (Å²) in [6.45, 7) is 1.61. The van der Waals surface area contributed by atoms with E-state index < -0.39 is 0 Å². The van der Waals surface area contributed by atoms with E-state index in [4.69, 9.17) is 10.5 Å². The Balaban J connectivity index is 1.98. The minimum absolute atomic E-state index is 0.715. The molecular weight excluding hydrogens is 242 g/mol. The highest BCUT2D eigenvalue weighted by atomic mass is 16.5. The van der Waals surface area contributed by atoms with Gasteiger partial charge in [-0.15, -0.1) is 5.10 Å². The summed E-state index contributed by atoms with van der Waals surface area (Å²) >= 11 is 0. The molecule has 0 unspecified atom stereocenters. The van der Waals surface area contributed by atoms with Crippen molar-refractivity contribution in [3.63, 3.8) is 0 Å². The lowest BCUT2D eigenvalue weighted by Gasteiger charge is -2.05. The Hall–Kier alpha value is -1.95. The Labute approximate surface area is 112 Å². The molecular formula is C13H19N5O. The summed E-state index contributed by atoms with van der Waals surface area (Å²) in [6, 6.07) is 7.60. The summed E-state index contributed by atoms with van der Waals surface area (Å²) in [5.74, 6) is 0.763.